The van der Waals surface area contributed by atoms with Crippen LogP contribution in [0.4, 0.5) is 0 Å². The molecule has 0 aliphatic heterocycles. The Morgan fingerprint density at radius 1 is 1.19 bits per heavy atom. The smallest absolute Gasteiger partial charge is 0.0443 e. The number of rotatable bonds is 9. The topological polar surface area (TPSA) is 49.5 Å². The van der Waals surface area contributed by atoms with Gasteiger partial charge in [-0.15, -0.1) is 0 Å². The van der Waals surface area contributed by atoms with E-state index in [9.17, 15) is 0 Å². The molecule has 0 bridgehead atoms. The second-order valence-electron chi connectivity index (χ2n) is 5.68. The Labute approximate surface area is 101 Å². The van der Waals surface area contributed by atoms with E-state index in [1.54, 1.807) is 0 Å². The van der Waals surface area contributed by atoms with Gasteiger partial charge in [-0.1, -0.05) is 13.8 Å². The molecule has 0 saturated heterocycles. The quantitative estimate of drug-likeness (QED) is 0.635. The molecular weight excluding hydrogens is 200 g/mol. The van der Waals surface area contributed by atoms with Crippen molar-refractivity contribution in [3.8, 4) is 0 Å². The summed E-state index contributed by atoms with van der Waals surface area (Å²) in [5.41, 5.74) is 5.98. The number of nitrogens with zero attached hydrogens (tertiary/aromatic N) is 1. The molecule has 0 amide bonds. The molecule has 0 radical (unpaired) electrons. The van der Waals surface area contributed by atoms with Crippen LogP contribution in [0.2, 0.25) is 0 Å². The summed E-state index contributed by atoms with van der Waals surface area (Å²) in [6.45, 7) is 12.0. The maximum absolute atomic E-state index is 8.85. The fraction of sp³-hybridized carbons (Fsp3) is 1.00. The van der Waals surface area contributed by atoms with Crippen LogP contribution in [0, 0.1) is 5.41 Å². The minimum atomic E-state index is 0.264. The third-order valence-corrected chi connectivity index (χ3v) is 3.19. The van der Waals surface area contributed by atoms with E-state index in [1.807, 2.05) is 0 Å². The molecule has 0 spiro atoms. The second kappa shape index (κ2) is 8.04. The van der Waals surface area contributed by atoms with E-state index in [2.05, 4.69) is 32.6 Å². The molecule has 0 fully saturated rings. The lowest BCUT2D eigenvalue weighted by molar-refractivity contribution is 0.180. The van der Waals surface area contributed by atoms with Crippen LogP contribution in [0.15, 0.2) is 0 Å². The zero-order valence-electron chi connectivity index (χ0n) is 11.5. The van der Waals surface area contributed by atoms with Gasteiger partial charge in [0.15, 0.2) is 0 Å². The molecule has 0 aliphatic carbocycles. The van der Waals surface area contributed by atoms with Crippen molar-refractivity contribution in [2.45, 2.75) is 53.0 Å². The maximum Gasteiger partial charge on any atom is 0.0443 e. The maximum atomic E-state index is 8.85. The lowest BCUT2D eigenvalue weighted by Gasteiger charge is -2.28. The van der Waals surface area contributed by atoms with Gasteiger partial charge in [0, 0.05) is 19.2 Å². The van der Waals surface area contributed by atoms with E-state index in [4.69, 9.17) is 10.8 Å². The van der Waals surface area contributed by atoms with Crippen molar-refractivity contribution in [2.24, 2.45) is 11.1 Å². The van der Waals surface area contributed by atoms with Crippen molar-refractivity contribution < 1.29 is 5.11 Å². The van der Waals surface area contributed by atoms with Crippen LogP contribution in [-0.2, 0) is 0 Å². The molecule has 0 aliphatic rings. The van der Waals surface area contributed by atoms with Crippen molar-refractivity contribution in [3.05, 3.63) is 0 Å². The minimum absolute atomic E-state index is 0.264. The number of aliphatic hydroxyl groups excluding tert-OH is 1. The van der Waals surface area contributed by atoms with Gasteiger partial charge in [-0.3, -0.25) is 0 Å². The summed E-state index contributed by atoms with van der Waals surface area (Å²) in [5.74, 6) is 0. The lowest BCUT2D eigenvalue weighted by Crippen LogP contribution is -2.34. The molecule has 98 valence electrons. The monoisotopic (exact) mass is 230 g/mol. The first kappa shape index (κ1) is 15.9. The number of hydrogen-bond donors (Lipinski definition) is 2. The van der Waals surface area contributed by atoms with Crippen LogP contribution in [0.5, 0.6) is 0 Å². The van der Waals surface area contributed by atoms with Crippen LogP contribution in [-0.4, -0.2) is 42.3 Å². The lowest BCUT2D eigenvalue weighted by atomic mass is 9.88. The van der Waals surface area contributed by atoms with Gasteiger partial charge < -0.3 is 15.7 Å². The number of nitrogens with two attached hydrogens (primary N) is 1. The molecule has 16 heavy (non-hydrogen) atoms. The van der Waals surface area contributed by atoms with Crippen molar-refractivity contribution in [2.75, 3.05) is 26.2 Å². The Kier molecular flexibility index (Phi) is 7.98. The van der Waals surface area contributed by atoms with Gasteiger partial charge in [-0.2, -0.15) is 0 Å². The SMILES string of the molecule is CC(C)N(CCCO)CCCC(C)(C)CN. The van der Waals surface area contributed by atoms with Crippen LogP contribution in [0.1, 0.15) is 47.0 Å². The first-order valence-electron chi connectivity index (χ1n) is 6.48. The summed E-state index contributed by atoms with van der Waals surface area (Å²) in [6, 6.07) is 0.563. The predicted octanol–water partition coefficient (Wildman–Crippen LogP) is 1.84. The highest BCUT2D eigenvalue weighted by Gasteiger charge is 2.16. The third-order valence-electron chi connectivity index (χ3n) is 3.19. The van der Waals surface area contributed by atoms with Crippen molar-refractivity contribution >= 4 is 0 Å². The molecule has 3 heteroatoms. The average molecular weight is 230 g/mol. The van der Waals surface area contributed by atoms with Crippen LogP contribution in [0.25, 0.3) is 0 Å². The fourth-order valence-electron chi connectivity index (χ4n) is 1.76. The molecule has 0 heterocycles. The molecule has 0 unspecified atom stereocenters. The van der Waals surface area contributed by atoms with Crippen molar-refractivity contribution in [1.29, 1.82) is 0 Å². The van der Waals surface area contributed by atoms with E-state index in [1.165, 1.54) is 12.8 Å². The Balaban J connectivity index is 3.84. The molecular formula is C13H30N2O. The summed E-state index contributed by atoms with van der Waals surface area (Å²) >= 11 is 0. The highest BCUT2D eigenvalue weighted by Crippen LogP contribution is 2.20. The Morgan fingerprint density at radius 2 is 1.75 bits per heavy atom. The summed E-state index contributed by atoms with van der Waals surface area (Å²) in [7, 11) is 0. The van der Waals surface area contributed by atoms with Gasteiger partial charge in [0.25, 0.3) is 0 Å². The molecule has 0 rings (SSSR count). The van der Waals surface area contributed by atoms with Gasteiger partial charge in [0.1, 0.15) is 0 Å². The first-order valence-corrected chi connectivity index (χ1v) is 6.48. The molecule has 0 saturated carbocycles. The number of aliphatic hydroxyl groups is 1. The molecule has 0 aromatic heterocycles. The predicted molar refractivity (Wildman–Crippen MR) is 70.5 cm³/mol. The third kappa shape index (κ3) is 7.20. The van der Waals surface area contributed by atoms with E-state index >= 15 is 0 Å². The van der Waals surface area contributed by atoms with Gasteiger partial charge in [-0.25, -0.2) is 0 Å². The second-order valence-corrected chi connectivity index (χ2v) is 5.68. The molecule has 3 N–H and O–H groups in total. The van der Waals surface area contributed by atoms with E-state index < -0.39 is 0 Å². The largest absolute Gasteiger partial charge is 0.396 e. The molecule has 0 aromatic rings. The minimum Gasteiger partial charge on any atom is -0.396 e. The van der Waals surface area contributed by atoms with Crippen molar-refractivity contribution in [1.82, 2.24) is 4.90 Å². The van der Waals surface area contributed by atoms with Crippen LogP contribution < -0.4 is 5.73 Å². The average Bonchev–Trinajstić information content (AvgIpc) is 2.22. The first-order chi connectivity index (χ1) is 7.43. The Bertz CT molecular complexity index is 169. The van der Waals surface area contributed by atoms with Gasteiger partial charge in [-0.05, 0) is 51.6 Å². The van der Waals surface area contributed by atoms with Gasteiger partial charge in [0.2, 0.25) is 0 Å². The van der Waals surface area contributed by atoms with E-state index in [0.29, 0.717) is 6.04 Å². The van der Waals surface area contributed by atoms with E-state index in [0.717, 1.165) is 26.1 Å². The zero-order chi connectivity index (χ0) is 12.6. The zero-order valence-corrected chi connectivity index (χ0v) is 11.5. The van der Waals surface area contributed by atoms with E-state index in [-0.39, 0.29) is 12.0 Å². The molecule has 0 aromatic carbocycles. The molecule has 3 nitrogen and oxygen atoms in total. The van der Waals surface area contributed by atoms with Gasteiger partial charge >= 0.3 is 0 Å². The van der Waals surface area contributed by atoms with Crippen LogP contribution >= 0.6 is 0 Å². The molecule has 0 atom stereocenters. The summed E-state index contributed by atoms with van der Waals surface area (Å²) in [5, 5.41) is 8.85. The number of hydrogen-bond acceptors (Lipinski definition) is 3. The highest BCUT2D eigenvalue weighted by molar-refractivity contribution is 4.71. The highest BCUT2D eigenvalue weighted by atomic mass is 16.3. The Morgan fingerprint density at radius 3 is 2.19 bits per heavy atom. The summed E-state index contributed by atoms with van der Waals surface area (Å²) in [4.78, 5) is 2.43. The standard InChI is InChI=1S/C13H30N2O/c1-12(2)15(9-6-10-16)8-5-7-13(3,4)11-14/h12,16H,5-11,14H2,1-4H3. The van der Waals surface area contributed by atoms with Gasteiger partial charge in [0.05, 0.1) is 0 Å². The Hall–Kier alpha value is -0.120. The normalized spacial score (nSPS) is 12.8. The fourth-order valence-corrected chi connectivity index (χ4v) is 1.76. The van der Waals surface area contributed by atoms with Crippen molar-refractivity contribution in [3.63, 3.8) is 0 Å². The summed E-state index contributed by atoms with van der Waals surface area (Å²) < 4.78 is 0. The summed E-state index contributed by atoms with van der Waals surface area (Å²) in [6.07, 6.45) is 3.23. The van der Waals surface area contributed by atoms with Crippen LogP contribution in [0.3, 0.4) is 0 Å².